The van der Waals surface area contributed by atoms with Crippen LogP contribution in [0.2, 0.25) is 0 Å². The lowest BCUT2D eigenvalue weighted by Gasteiger charge is -2.13. The van der Waals surface area contributed by atoms with Gasteiger partial charge in [0.05, 0.1) is 11.3 Å². The zero-order valence-electron chi connectivity index (χ0n) is 16.7. The summed E-state index contributed by atoms with van der Waals surface area (Å²) in [6.45, 7) is 7.33. The Balaban J connectivity index is 1.67. The van der Waals surface area contributed by atoms with Crippen molar-refractivity contribution in [2.45, 2.75) is 26.8 Å². The Kier molecular flexibility index (Phi) is 7.15. The van der Waals surface area contributed by atoms with E-state index in [0.717, 1.165) is 10.8 Å². The number of pyridine rings is 1. The van der Waals surface area contributed by atoms with Crippen LogP contribution in [0.4, 0.5) is 10.9 Å². The second-order valence-corrected chi connectivity index (χ2v) is 7.62. The molecule has 0 saturated heterocycles. The highest BCUT2D eigenvalue weighted by atomic mass is 32.1. The fraction of sp³-hybridized carbons (Fsp3) is 0.286. The van der Waals surface area contributed by atoms with E-state index in [1.807, 2.05) is 24.4 Å². The molecule has 0 unspecified atom stereocenters. The summed E-state index contributed by atoms with van der Waals surface area (Å²) in [5.74, 6) is 1.52. The number of carbonyl (C=O) groups is 1. The molecule has 3 rings (SSSR count). The standard InChI is InChI=1S/C21H25N5O2S/c1-14(2)22-10-11-24-20(27)17-6-4-5-7-18(17)28-16-8-9-23-19(12-16)26-21-25-15(3)13-29-21/h4-9,12-14,22H,10-11H2,1-3H3,(H,24,27)(H,23,25,26). The number of aromatic nitrogens is 2. The van der Waals surface area contributed by atoms with Crippen LogP contribution in [0.15, 0.2) is 48.0 Å². The molecule has 0 saturated carbocycles. The van der Waals surface area contributed by atoms with Gasteiger partial charge in [0.15, 0.2) is 5.13 Å². The number of para-hydroxylation sites is 1. The van der Waals surface area contributed by atoms with Gasteiger partial charge in [-0.25, -0.2) is 9.97 Å². The molecular weight excluding hydrogens is 386 g/mol. The van der Waals surface area contributed by atoms with Crippen molar-refractivity contribution in [1.29, 1.82) is 0 Å². The predicted octanol–water partition coefficient (Wildman–Crippen LogP) is 4.11. The first-order valence-corrected chi connectivity index (χ1v) is 10.3. The molecule has 29 heavy (non-hydrogen) atoms. The minimum absolute atomic E-state index is 0.170. The molecule has 0 aliphatic rings. The van der Waals surface area contributed by atoms with Crippen LogP contribution in [0.1, 0.15) is 29.9 Å². The minimum atomic E-state index is -0.170. The summed E-state index contributed by atoms with van der Waals surface area (Å²) in [6.07, 6.45) is 1.65. The smallest absolute Gasteiger partial charge is 0.255 e. The van der Waals surface area contributed by atoms with E-state index >= 15 is 0 Å². The van der Waals surface area contributed by atoms with Gasteiger partial charge in [-0.1, -0.05) is 26.0 Å². The molecule has 7 nitrogen and oxygen atoms in total. The topological polar surface area (TPSA) is 88.2 Å². The third-order valence-electron chi connectivity index (χ3n) is 3.91. The average Bonchev–Trinajstić information content (AvgIpc) is 3.10. The lowest BCUT2D eigenvalue weighted by Crippen LogP contribution is -2.34. The molecule has 0 fully saturated rings. The zero-order valence-corrected chi connectivity index (χ0v) is 17.5. The van der Waals surface area contributed by atoms with Crippen LogP contribution >= 0.6 is 11.3 Å². The van der Waals surface area contributed by atoms with Crippen molar-refractivity contribution in [2.24, 2.45) is 0 Å². The summed E-state index contributed by atoms with van der Waals surface area (Å²) in [7, 11) is 0. The highest BCUT2D eigenvalue weighted by molar-refractivity contribution is 7.13. The third-order valence-corrected chi connectivity index (χ3v) is 4.78. The summed E-state index contributed by atoms with van der Waals surface area (Å²) in [4.78, 5) is 21.2. The van der Waals surface area contributed by atoms with E-state index in [9.17, 15) is 4.79 Å². The second-order valence-electron chi connectivity index (χ2n) is 6.76. The maximum atomic E-state index is 12.6. The lowest BCUT2D eigenvalue weighted by atomic mass is 10.2. The van der Waals surface area contributed by atoms with Gasteiger partial charge < -0.3 is 20.7 Å². The Morgan fingerprint density at radius 2 is 2.03 bits per heavy atom. The number of rotatable bonds is 9. The van der Waals surface area contributed by atoms with Crippen molar-refractivity contribution in [3.8, 4) is 11.5 Å². The summed E-state index contributed by atoms with van der Waals surface area (Å²) >= 11 is 1.51. The van der Waals surface area contributed by atoms with Gasteiger partial charge in [0.1, 0.15) is 17.3 Å². The van der Waals surface area contributed by atoms with Crippen LogP contribution in [0, 0.1) is 6.92 Å². The number of nitrogens with zero attached hydrogens (tertiary/aromatic N) is 2. The van der Waals surface area contributed by atoms with Crippen molar-refractivity contribution in [3.05, 3.63) is 59.2 Å². The first-order valence-electron chi connectivity index (χ1n) is 9.45. The first kappa shape index (κ1) is 20.8. The third kappa shape index (κ3) is 6.27. The van der Waals surface area contributed by atoms with Crippen LogP contribution in [0.25, 0.3) is 0 Å². The minimum Gasteiger partial charge on any atom is -0.456 e. The normalized spacial score (nSPS) is 10.8. The van der Waals surface area contributed by atoms with E-state index in [2.05, 4.69) is 39.8 Å². The molecule has 0 spiro atoms. The Labute approximate surface area is 174 Å². The molecule has 0 radical (unpaired) electrons. The molecule has 152 valence electrons. The molecule has 0 bridgehead atoms. The number of aryl methyl sites for hydroxylation is 1. The molecule has 8 heteroatoms. The SMILES string of the molecule is Cc1csc(Nc2cc(Oc3ccccc3C(=O)NCCNC(C)C)ccn2)n1. The van der Waals surface area contributed by atoms with Crippen molar-refractivity contribution in [3.63, 3.8) is 0 Å². The van der Waals surface area contributed by atoms with Gasteiger partial charge in [-0.3, -0.25) is 4.79 Å². The van der Waals surface area contributed by atoms with E-state index < -0.39 is 0 Å². The lowest BCUT2D eigenvalue weighted by molar-refractivity contribution is 0.0951. The van der Waals surface area contributed by atoms with E-state index in [1.165, 1.54) is 11.3 Å². The molecule has 1 amide bonds. The Hall–Kier alpha value is -2.97. The second kappa shape index (κ2) is 9.99. The number of carbonyl (C=O) groups excluding carboxylic acids is 1. The van der Waals surface area contributed by atoms with Crippen LogP contribution in [0.3, 0.4) is 0 Å². The predicted molar refractivity (Wildman–Crippen MR) is 116 cm³/mol. The average molecular weight is 412 g/mol. The van der Waals surface area contributed by atoms with Gasteiger partial charge in [0.25, 0.3) is 5.91 Å². The highest BCUT2D eigenvalue weighted by Gasteiger charge is 2.13. The summed E-state index contributed by atoms with van der Waals surface area (Å²) in [5, 5.41) is 12.1. The van der Waals surface area contributed by atoms with E-state index in [-0.39, 0.29) is 5.91 Å². The maximum absolute atomic E-state index is 12.6. The van der Waals surface area contributed by atoms with Crippen molar-refractivity contribution < 1.29 is 9.53 Å². The number of hydrogen-bond donors (Lipinski definition) is 3. The zero-order chi connectivity index (χ0) is 20.6. The number of ether oxygens (including phenoxy) is 1. The summed E-state index contributed by atoms with van der Waals surface area (Å²) in [6, 6.07) is 11.1. The molecule has 1 aromatic carbocycles. The number of nitrogens with one attached hydrogen (secondary N) is 3. The van der Waals surface area contributed by atoms with Crippen LogP contribution in [-0.2, 0) is 0 Å². The van der Waals surface area contributed by atoms with Gasteiger partial charge in [0, 0.05) is 36.8 Å². The number of benzene rings is 1. The molecule has 0 aliphatic heterocycles. The first-order chi connectivity index (χ1) is 14.0. The molecule has 3 aromatic rings. The van der Waals surface area contributed by atoms with Gasteiger partial charge in [-0.15, -0.1) is 11.3 Å². The molecule has 0 aliphatic carbocycles. The molecule has 2 aromatic heterocycles. The number of anilines is 2. The van der Waals surface area contributed by atoms with E-state index in [4.69, 9.17) is 4.74 Å². The van der Waals surface area contributed by atoms with E-state index in [0.29, 0.717) is 42.0 Å². The largest absolute Gasteiger partial charge is 0.456 e. The summed E-state index contributed by atoms with van der Waals surface area (Å²) < 4.78 is 5.99. The molecular formula is C21H25N5O2S. The number of amides is 1. The monoisotopic (exact) mass is 411 g/mol. The molecule has 3 N–H and O–H groups in total. The quantitative estimate of drug-likeness (QED) is 0.459. The van der Waals surface area contributed by atoms with Gasteiger partial charge in [-0.05, 0) is 25.1 Å². The van der Waals surface area contributed by atoms with Crippen LogP contribution in [-0.4, -0.2) is 35.0 Å². The molecule has 0 atom stereocenters. The molecule has 2 heterocycles. The van der Waals surface area contributed by atoms with E-state index in [1.54, 1.807) is 30.5 Å². The van der Waals surface area contributed by atoms with Crippen molar-refractivity contribution >= 4 is 28.2 Å². The maximum Gasteiger partial charge on any atom is 0.255 e. The Bertz CT molecular complexity index is 958. The van der Waals surface area contributed by atoms with Gasteiger partial charge >= 0.3 is 0 Å². The Morgan fingerprint density at radius 3 is 2.79 bits per heavy atom. The fourth-order valence-electron chi connectivity index (χ4n) is 2.57. The summed E-state index contributed by atoms with van der Waals surface area (Å²) in [5.41, 5.74) is 1.44. The van der Waals surface area contributed by atoms with Crippen LogP contribution < -0.4 is 20.7 Å². The highest BCUT2D eigenvalue weighted by Crippen LogP contribution is 2.27. The van der Waals surface area contributed by atoms with Gasteiger partial charge in [0.2, 0.25) is 0 Å². The number of hydrogen-bond acceptors (Lipinski definition) is 7. The van der Waals surface area contributed by atoms with Crippen LogP contribution in [0.5, 0.6) is 11.5 Å². The Morgan fingerprint density at radius 1 is 1.21 bits per heavy atom. The fourth-order valence-corrected chi connectivity index (χ4v) is 3.26. The van der Waals surface area contributed by atoms with Crippen molar-refractivity contribution in [2.75, 3.05) is 18.4 Å². The van der Waals surface area contributed by atoms with Crippen molar-refractivity contribution in [1.82, 2.24) is 20.6 Å². The van der Waals surface area contributed by atoms with Gasteiger partial charge in [-0.2, -0.15) is 0 Å². The number of thiazole rings is 1.